The summed E-state index contributed by atoms with van der Waals surface area (Å²) in [6.45, 7) is 6.14. The van der Waals surface area contributed by atoms with Gasteiger partial charge in [-0.05, 0) is 69.8 Å². The average molecular weight is 417 g/mol. The Morgan fingerprint density at radius 3 is 2.55 bits per heavy atom. The number of carbonyl (C=O) groups excluding carboxylic acids is 1. The summed E-state index contributed by atoms with van der Waals surface area (Å²) in [6, 6.07) is 8.12. The quantitative estimate of drug-likeness (QED) is 0.714. The lowest BCUT2D eigenvalue weighted by Gasteiger charge is -2.16. The second-order valence-electron chi connectivity index (χ2n) is 4.79. The van der Waals surface area contributed by atoms with Crippen molar-refractivity contribution >= 4 is 49.1 Å². The molecule has 0 aliphatic heterocycles. The van der Waals surface area contributed by atoms with Crippen molar-refractivity contribution in [2.75, 3.05) is 0 Å². The first-order valence-electron chi connectivity index (χ1n) is 6.21. The van der Waals surface area contributed by atoms with Crippen molar-refractivity contribution in [3.63, 3.8) is 0 Å². The fraction of sp³-hybridized carbons (Fsp3) is 0.267. The minimum Gasteiger partial charge on any atom is -0.345 e. The van der Waals surface area contributed by atoms with Crippen LogP contribution >= 0.6 is 43.2 Å². The van der Waals surface area contributed by atoms with E-state index >= 15 is 0 Å². The van der Waals surface area contributed by atoms with Crippen molar-refractivity contribution in [2.45, 2.75) is 26.8 Å². The second kappa shape index (κ2) is 6.41. The van der Waals surface area contributed by atoms with Crippen LogP contribution in [0.25, 0.3) is 0 Å². The molecule has 1 amide bonds. The molecule has 0 aliphatic rings. The van der Waals surface area contributed by atoms with Crippen LogP contribution in [0.1, 0.15) is 39.3 Å². The highest BCUT2D eigenvalue weighted by atomic mass is 79.9. The van der Waals surface area contributed by atoms with E-state index < -0.39 is 0 Å². The maximum absolute atomic E-state index is 12.2. The van der Waals surface area contributed by atoms with Gasteiger partial charge in [-0.3, -0.25) is 4.79 Å². The van der Waals surface area contributed by atoms with Gasteiger partial charge in [-0.25, -0.2) is 0 Å². The zero-order valence-corrected chi connectivity index (χ0v) is 15.4. The van der Waals surface area contributed by atoms with Crippen molar-refractivity contribution in [3.8, 4) is 0 Å². The number of hydrogen-bond acceptors (Lipinski definition) is 2. The molecule has 0 saturated carbocycles. The minimum absolute atomic E-state index is 0.0120. The van der Waals surface area contributed by atoms with Crippen LogP contribution in [0.15, 0.2) is 32.5 Å². The zero-order valence-electron chi connectivity index (χ0n) is 11.5. The average Bonchev–Trinajstić information content (AvgIpc) is 2.72. The van der Waals surface area contributed by atoms with Gasteiger partial charge in [0.2, 0.25) is 0 Å². The van der Waals surface area contributed by atoms with E-state index in [1.807, 2.05) is 13.0 Å². The summed E-state index contributed by atoms with van der Waals surface area (Å²) < 4.78 is 1.84. The van der Waals surface area contributed by atoms with Crippen LogP contribution in [0.4, 0.5) is 0 Å². The number of amides is 1. The van der Waals surface area contributed by atoms with Gasteiger partial charge in [0.15, 0.2) is 0 Å². The molecule has 0 radical (unpaired) electrons. The molecule has 1 atom stereocenters. The largest absolute Gasteiger partial charge is 0.345 e. The third kappa shape index (κ3) is 3.51. The first-order chi connectivity index (χ1) is 9.38. The van der Waals surface area contributed by atoms with Crippen LogP contribution in [-0.2, 0) is 0 Å². The number of thiophene rings is 1. The normalized spacial score (nSPS) is 12.2. The van der Waals surface area contributed by atoms with Gasteiger partial charge in [-0.15, -0.1) is 11.3 Å². The molecule has 1 unspecified atom stereocenters. The van der Waals surface area contributed by atoms with Crippen molar-refractivity contribution < 1.29 is 4.79 Å². The smallest absolute Gasteiger partial charge is 0.261 e. The van der Waals surface area contributed by atoms with Gasteiger partial charge in [0, 0.05) is 4.47 Å². The Morgan fingerprint density at radius 1 is 1.25 bits per heavy atom. The van der Waals surface area contributed by atoms with Crippen molar-refractivity contribution in [1.82, 2.24) is 5.32 Å². The third-order valence-electron chi connectivity index (χ3n) is 3.12. The van der Waals surface area contributed by atoms with Crippen molar-refractivity contribution in [3.05, 3.63) is 54.1 Å². The molecule has 2 nitrogen and oxygen atoms in total. The molecular weight excluding hydrogens is 402 g/mol. The van der Waals surface area contributed by atoms with Gasteiger partial charge in [-0.1, -0.05) is 23.8 Å². The summed E-state index contributed by atoms with van der Waals surface area (Å²) in [5.74, 6) is -0.0465. The van der Waals surface area contributed by atoms with Crippen LogP contribution in [-0.4, -0.2) is 5.91 Å². The minimum atomic E-state index is -0.0465. The van der Waals surface area contributed by atoms with E-state index in [1.165, 1.54) is 22.5 Å². The lowest BCUT2D eigenvalue weighted by atomic mass is 10.00. The zero-order chi connectivity index (χ0) is 14.9. The highest BCUT2D eigenvalue weighted by Gasteiger charge is 2.16. The maximum Gasteiger partial charge on any atom is 0.261 e. The molecule has 5 heteroatoms. The topological polar surface area (TPSA) is 29.1 Å². The number of benzene rings is 1. The first kappa shape index (κ1) is 15.7. The van der Waals surface area contributed by atoms with Gasteiger partial charge < -0.3 is 5.32 Å². The van der Waals surface area contributed by atoms with Gasteiger partial charge >= 0.3 is 0 Å². The van der Waals surface area contributed by atoms with E-state index in [0.29, 0.717) is 4.88 Å². The second-order valence-corrected chi connectivity index (χ2v) is 8.01. The summed E-state index contributed by atoms with van der Waals surface area (Å²) in [7, 11) is 0. The number of halogens is 2. The van der Waals surface area contributed by atoms with E-state index in [1.54, 1.807) is 0 Å². The van der Waals surface area contributed by atoms with Crippen molar-refractivity contribution in [1.29, 1.82) is 0 Å². The van der Waals surface area contributed by atoms with E-state index in [-0.39, 0.29) is 11.9 Å². The fourth-order valence-electron chi connectivity index (χ4n) is 2.03. The van der Waals surface area contributed by atoms with E-state index in [9.17, 15) is 4.79 Å². The van der Waals surface area contributed by atoms with E-state index in [0.717, 1.165) is 13.8 Å². The monoisotopic (exact) mass is 415 g/mol. The Balaban J connectivity index is 2.17. The number of carbonyl (C=O) groups is 1. The Bertz CT molecular complexity index is 632. The summed E-state index contributed by atoms with van der Waals surface area (Å²) in [5.41, 5.74) is 3.55. The van der Waals surface area contributed by atoms with Crippen LogP contribution in [0.2, 0.25) is 0 Å². The number of rotatable bonds is 3. The molecule has 0 spiro atoms. The number of hydrogen-bond donors (Lipinski definition) is 1. The lowest BCUT2D eigenvalue weighted by molar-refractivity contribution is 0.0944. The first-order valence-corrected chi connectivity index (χ1v) is 8.61. The van der Waals surface area contributed by atoms with E-state index in [4.69, 9.17) is 0 Å². The molecule has 1 aromatic heterocycles. The Morgan fingerprint density at radius 2 is 1.95 bits per heavy atom. The van der Waals surface area contributed by atoms with Crippen LogP contribution in [0.3, 0.4) is 0 Å². The summed E-state index contributed by atoms with van der Waals surface area (Å²) >= 11 is 8.23. The molecular formula is C15H15Br2NOS. The molecule has 2 aromatic rings. The van der Waals surface area contributed by atoms with Crippen molar-refractivity contribution in [2.24, 2.45) is 0 Å². The van der Waals surface area contributed by atoms with Gasteiger partial charge in [0.25, 0.3) is 5.91 Å². The molecule has 1 heterocycles. The van der Waals surface area contributed by atoms with Crippen LogP contribution < -0.4 is 5.32 Å². The highest BCUT2D eigenvalue weighted by molar-refractivity contribution is 9.13. The van der Waals surface area contributed by atoms with Gasteiger partial charge in [-0.2, -0.15) is 0 Å². The Hall–Kier alpha value is -0.650. The van der Waals surface area contributed by atoms with Gasteiger partial charge in [0.1, 0.15) is 0 Å². The van der Waals surface area contributed by atoms with E-state index in [2.05, 4.69) is 69.2 Å². The third-order valence-corrected chi connectivity index (χ3v) is 6.37. The predicted octanol–water partition coefficient (Wildman–Crippen LogP) is 5.38. The fourth-order valence-corrected chi connectivity index (χ4v) is 3.97. The SMILES string of the molecule is Cc1ccc(C)c(C(C)NC(=O)c2cc(Br)c(Br)s2)c1. The molecule has 0 fully saturated rings. The molecule has 1 aromatic carbocycles. The molecule has 0 saturated heterocycles. The Labute approximate surface area is 139 Å². The molecule has 20 heavy (non-hydrogen) atoms. The standard InChI is InChI=1S/C15H15Br2NOS/c1-8-4-5-9(2)11(6-8)10(3)18-15(19)13-7-12(16)14(17)20-13/h4-7,10H,1-3H3,(H,18,19). The molecule has 0 bridgehead atoms. The molecule has 2 rings (SSSR count). The van der Waals surface area contributed by atoms with Crippen LogP contribution in [0, 0.1) is 13.8 Å². The molecule has 1 N–H and O–H groups in total. The lowest BCUT2D eigenvalue weighted by Crippen LogP contribution is -2.26. The number of aryl methyl sites for hydroxylation is 2. The summed E-state index contributed by atoms with van der Waals surface area (Å²) in [4.78, 5) is 12.9. The summed E-state index contributed by atoms with van der Waals surface area (Å²) in [6.07, 6.45) is 0. The predicted molar refractivity (Wildman–Crippen MR) is 91.5 cm³/mol. The van der Waals surface area contributed by atoms with Gasteiger partial charge in [0.05, 0.1) is 14.7 Å². The Kier molecular flexibility index (Phi) is 5.04. The highest BCUT2D eigenvalue weighted by Crippen LogP contribution is 2.32. The molecule has 0 aliphatic carbocycles. The summed E-state index contributed by atoms with van der Waals surface area (Å²) in [5, 5.41) is 3.05. The van der Waals surface area contributed by atoms with Crippen LogP contribution in [0.5, 0.6) is 0 Å². The maximum atomic E-state index is 12.2. The molecule has 106 valence electrons. The number of nitrogens with one attached hydrogen (secondary N) is 1.